The summed E-state index contributed by atoms with van der Waals surface area (Å²) in [5.41, 5.74) is 6.85. The summed E-state index contributed by atoms with van der Waals surface area (Å²) in [6.45, 7) is 6.08. The van der Waals surface area contributed by atoms with Crippen LogP contribution in [-0.4, -0.2) is 15.7 Å². The number of aryl methyl sites for hydroxylation is 3. The van der Waals surface area contributed by atoms with E-state index in [0.717, 1.165) is 32.6 Å². The van der Waals surface area contributed by atoms with Crippen LogP contribution in [0.5, 0.6) is 0 Å². The van der Waals surface area contributed by atoms with Crippen LogP contribution in [0.25, 0.3) is 5.69 Å². The topological polar surface area (TPSA) is 46.9 Å². The molecule has 0 bridgehead atoms. The molecule has 162 valence electrons. The number of aromatic nitrogens is 2. The number of nitrogens with one attached hydrogen (secondary N) is 1. The second-order valence-corrected chi connectivity index (χ2v) is 10.4. The van der Waals surface area contributed by atoms with Gasteiger partial charge in [-0.1, -0.05) is 71.1 Å². The first-order chi connectivity index (χ1) is 15.4. The average Bonchev–Trinajstić information content (AvgIpc) is 3.16. The molecule has 1 heterocycles. The Morgan fingerprint density at radius 3 is 2.34 bits per heavy atom. The zero-order chi connectivity index (χ0) is 22.7. The fourth-order valence-corrected chi connectivity index (χ4v) is 5.84. The van der Waals surface area contributed by atoms with Crippen LogP contribution in [0.2, 0.25) is 0 Å². The van der Waals surface area contributed by atoms with Crippen molar-refractivity contribution in [2.45, 2.75) is 30.9 Å². The predicted molar refractivity (Wildman–Crippen MR) is 137 cm³/mol. The Balaban J connectivity index is 1.47. The lowest BCUT2D eigenvalue weighted by Gasteiger charge is -2.13. The standard InChI is InChI=1S/C25H23N3OS3/c1-16-13-17(2)22(18(3)14-16)26-23(29)20-9-11-21(12-10-20)28-25(30)32-24(27-28)31-15-19-7-5-4-6-8-19/h4-14H,15H2,1-3H3,(H,26,29). The fraction of sp³-hybridized carbons (Fsp3) is 0.160. The molecule has 4 aromatic rings. The van der Waals surface area contributed by atoms with Crippen LogP contribution in [0.4, 0.5) is 5.69 Å². The molecule has 0 aliphatic rings. The maximum Gasteiger partial charge on any atom is 0.255 e. The normalized spacial score (nSPS) is 10.8. The summed E-state index contributed by atoms with van der Waals surface area (Å²) in [7, 11) is 0. The molecule has 1 aromatic heterocycles. The van der Waals surface area contributed by atoms with Gasteiger partial charge in [-0.15, -0.1) is 5.10 Å². The number of thioether (sulfide) groups is 1. The predicted octanol–water partition coefficient (Wildman–Crippen LogP) is 7.13. The number of hydrogen-bond acceptors (Lipinski definition) is 5. The van der Waals surface area contributed by atoms with E-state index >= 15 is 0 Å². The molecule has 0 atom stereocenters. The van der Waals surface area contributed by atoms with Crippen molar-refractivity contribution in [1.82, 2.24) is 9.78 Å². The van der Waals surface area contributed by atoms with E-state index in [4.69, 9.17) is 12.2 Å². The van der Waals surface area contributed by atoms with Crippen LogP contribution in [0.15, 0.2) is 71.1 Å². The van der Waals surface area contributed by atoms with Crippen LogP contribution in [-0.2, 0) is 5.75 Å². The molecule has 4 nitrogen and oxygen atoms in total. The SMILES string of the molecule is Cc1cc(C)c(NC(=O)c2ccc(-n3nc(SCc4ccccc4)sc3=S)cc2)c(C)c1. The van der Waals surface area contributed by atoms with Crippen molar-refractivity contribution in [2.75, 3.05) is 5.32 Å². The van der Waals surface area contributed by atoms with E-state index in [1.807, 2.05) is 44.2 Å². The van der Waals surface area contributed by atoms with Gasteiger partial charge in [-0.25, -0.2) is 4.68 Å². The second kappa shape index (κ2) is 9.81. The molecule has 0 saturated carbocycles. The summed E-state index contributed by atoms with van der Waals surface area (Å²) in [6, 6.07) is 21.8. The Bertz CT molecular complexity index is 1290. The third-order valence-corrected chi connectivity index (χ3v) is 7.46. The number of carbonyl (C=O) groups is 1. The van der Waals surface area contributed by atoms with E-state index < -0.39 is 0 Å². The first-order valence-electron chi connectivity index (χ1n) is 10.2. The zero-order valence-corrected chi connectivity index (χ0v) is 20.5. The Morgan fingerprint density at radius 2 is 1.69 bits per heavy atom. The van der Waals surface area contributed by atoms with Gasteiger partial charge in [0.2, 0.25) is 0 Å². The molecule has 4 rings (SSSR count). The highest BCUT2D eigenvalue weighted by molar-refractivity contribution is 8.00. The summed E-state index contributed by atoms with van der Waals surface area (Å²) in [5.74, 6) is 0.715. The number of carbonyl (C=O) groups excluding carboxylic acids is 1. The summed E-state index contributed by atoms with van der Waals surface area (Å²) in [4.78, 5) is 12.8. The first-order valence-corrected chi connectivity index (χ1v) is 12.4. The van der Waals surface area contributed by atoms with Gasteiger partial charge in [0.05, 0.1) is 5.69 Å². The molecule has 0 unspecified atom stereocenters. The van der Waals surface area contributed by atoms with Gasteiger partial charge in [-0.05, 0) is 73.9 Å². The number of hydrogen-bond donors (Lipinski definition) is 1. The third kappa shape index (κ3) is 5.18. The van der Waals surface area contributed by atoms with Crippen LogP contribution < -0.4 is 5.32 Å². The summed E-state index contributed by atoms with van der Waals surface area (Å²) < 4.78 is 3.36. The quantitative estimate of drug-likeness (QED) is 0.237. The Kier molecular flexibility index (Phi) is 6.89. The van der Waals surface area contributed by atoms with Crippen molar-refractivity contribution in [3.63, 3.8) is 0 Å². The molecule has 0 spiro atoms. The molecule has 0 radical (unpaired) electrons. The monoisotopic (exact) mass is 477 g/mol. The van der Waals surface area contributed by atoms with Crippen molar-refractivity contribution in [1.29, 1.82) is 0 Å². The largest absolute Gasteiger partial charge is 0.322 e. The van der Waals surface area contributed by atoms with Gasteiger partial charge >= 0.3 is 0 Å². The molecule has 32 heavy (non-hydrogen) atoms. The molecule has 0 saturated heterocycles. The summed E-state index contributed by atoms with van der Waals surface area (Å²) >= 11 is 8.69. The highest BCUT2D eigenvalue weighted by Gasteiger charge is 2.12. The number of benzene rings is 3. The lowest BCUT2D eigenvalue weighted by molar-refractivity contribution is 0.102. The summed E-state index contributed by atoms with van der Waals surface area (Å²) in [6.07, 6.45) is 0. The minimum atomic E-state index is -0.132. The molecule has 0 fully saturated rings. The van der Waals surface area contributed by atoms with Crippen molar-refractivity contribution >= 4 is 46.9 Å². The minimum absolute atomic E-state index is 0.132. The Morgan fingerprint density at radius 1 is 1.03 bits per heavy atom. The third-order valence-electron chi connectivity index (χ3n) is 5.02. The van der Waals surface area contributed by atoms with E-state index in [-0.39, 0.29) is 5.91 Å². The number of rotatable bonds is 6. The average molecular weight is 478 g/mol. The molecular weight excluding hydrogens is 454 g/mol. The van der Waals surface area contributed by atoms with E-state index in [9.17, 15) is 4.79 Å². The van der Waals surface area contributed by atoms with Gasteiger partial charge in [0.15, 0.2) is 8.29 Å². The molecule has 3 aromatic carbocycles. The maximum absolute atomic E-state index is 12.8. The van der Waals surface area contributed by atoms with Gasteiger partial charge in [-0.2, -0.15) is 0 Å². The van der Waals surface area contributed by atoms with Gasteiger partial charge in [0.1, 0.15) is 0 Å². The van der Waals surface area contributed by atoms with Gasteiger partial charge < -0.3 is 5.32 Å². The molecule has 1 N–H and O–H groups in total. The highest BCUT2D eigenvalue weighted by atomic mass is 32.2. The second-order valence-electron chi connectivity index (χ2n) is 7.59. The summed E-state index contributed by atoms with van der Waals surface area (Å²) in [5, 5.41) is 7.71. The maximum atomic E-state index is 12.8. The van der Waals surface area contributed by atoms with Crippen LogP contribution in [0.1, 0.15) is 32.6 Å². The fourth-order valence-electron chi connectivity index (χ4n) is 3.52. The van der Waals surface area contributed by atoms with E-state index in [0.29, 0.717) is 9.52 Å². The van der Waals surface area contributed by atoms with E-state index in [1.165, 1.54) is 22.5 Å². The lowest BCUT2D eigenvalue weighted by atomic mass is 10.0. The number of anilines is 1. The van der Waals surface area contributed by atoms with Crippen LogP contribution in [0, 0.1) is 24.7 Å². The van der Waals surface area contributed by atoms with Gasteiger partial charge in [-0.3, -0.25) is 4.79 Å². The number of nitrogens with zero attached hydrogens (tertiary/aromatic N) is 2. The van der Waals surface area contributed by atoms with Crippen LogP contribution in [0.3, 0.4) is 0 Å². The van der Waals surface area contributed by atoms with Crippen molar-refractivity contribution in [3.8, 4) is 5.69 Å². The van der Waals surface area contributed by atoms with Crippen molar-refractivity contribution in [3.05, 3.63) is 98.5 Å². The van der Waals surface area contributed by atoms with Gasteiger partial charge in [0.25, 0.3) is 5.91 Å². The smallest absolute Gasteiger partial charge is 0.255 e. The minimum Gasteiger partial charge on any atom is -0.322 e. The zero-order valence-electron chi connectivity index (χ0n) is 18.1. The Hall–Kier alpha value is -2.74. The van der Waals surface area contributed by atoms with E-state index in [1.54, 1.807) is 28.6 Å². The van der Waals surface area contributed by atoms with Crippen molar-refractivity contribution < 1.29 is 4.79 Å². The molecular formula is C25H23N3OS3. The Labute approximate surface area is 201 Å². The molecule has 0 aliphatic carbocycles. The lowest BCUT2D eigenvalue weighted by Crippen LogP contribution is -2.14. The molecule has 7 heteroatoms. The first kappa shape index (κ1) is 22.5. The molecule has 1 amide bonds. The van der Waals surface area contributed by atoms with Crippen LogP contribution >= 0.6 is 35.3 Å². The number of amides is 1. The molecule has 0 aliphatic heterocycles. The van der Waals surface area contributed by atoms with Gasteiger partial charge in [0, 0.05) is 17.0 Å². The highest BCUT2D eigenvalue weighted by Crippen LogP contribution is 2.27. The van der Waals surface area contributed by atoms with Crippen molar-refractivity contribution in [2.24, 2.45) is 0 Å². The van der Waals surface area contributed by atoms with E-state index in [2.05, 4.69) is 41.6 Å².